The van der Waals surface area contributed by atoms with Gasteiger partial charge in [0, 0.05) is 17.5 Å². The molecule has 1 aromatic carbocycles. The second-order valence-corrected chi connectivity index (χ2v) is 6.00. The van der Waals surface area contributed by atoms with Crippen molar-refractivity contribution in [2.24, 2.45) is 0 Å². The molecule has 1 aromatic rings. The van der Waals surface area contributed by atoms with Gasteiger partial charge >= 0.3 is 0 Å². The van der Waals surface area contributed by atoms with Crippen LogP contribution in [0.4, 0.5) is 0 Å². The van der Waals surface area contributed by atoms with Crippen molar-refractivity contribution >= 4 is 10.8 Å². The first-order chi connectivity index (χ1) is 8.24. The van der Waals surface area contributed by atoms with Gasteiger partial charge in [0.1, 0.15) is 0 Å². The molecule has 1 saturated heterocycles. The molecule has 3 unspecified atom stereocenters. The Bertz CT molecular complexity index is 408. The van der Waals surface area contributed by atoms with E-state index in [1.165, 1.54) is 0 Å². The molecule has 3 nitrogen and oxygen atoms in total. The molecule has 2 rings (SSSR count). The summed E-state index contributed by atoms with van der Waals surface area (Å²) >= 11 is 0. The van der Waals surface area contributed by atoms with Crippen molar-refractivity contribution in [3.05, 3.63) is 29.8 Å². The number of hydrogen-bond acceptors (Lipinski definition) is 3. The van der Waals surface area contributed by atoms with Gasteiger partial charge in [-0.05, 0) is 32.0 Å². The lowest BCUT2D eigenvalue weighted by atomic mass is 10.1. The Morgan fingerprint density at radius 3 is 2.88 bits per heavy atom. The first kappa shape index (κ1) is 12.7. The Morgan fingerprint density at radius 1 is 1.41 bits per heavy atom. The van der Waals surface area contributed by atoms with Gasteiger partial charge in [-0.15, -0.1) is 0 Å². The Kier molecular flexibility index (Phi) is 4.31. The number of hydrogen-bond donors (Lipinski definition) is 1. The molecule has 1 heterocycles. The molecule has 1 N–H and O–H groups in total. The maximum Gasteiger partial charge on any atom is 0.0782 e. The summed E-state index contributed by atoms with van der Waals surface area (Å²) in [6.45, 7) is 3.34. The van der Waals surface area contributed by atoms with Crippen molar-refractivity contribution in [3.63, 3.8) is 0 Å². The summed E-state index contributed by atoms with van der Waals surface area (Å²) in [5.41, 5.74) is 1.09. The molecule has 0 amide bonds. The van der Waals surface area contributed by atoms with E-state index in [1.807, 2.05) is 38.2 Å². The van der Waals surface area contributed by atoms with E-state index < -0.39 is 10.8 Å². The van der Waals surface area contributed by atoms with Crippen LogP contribution in [0.5, 0.6) is 0 Å². The summed E-state index contributed by atoms with van der Waals surface area (Å²) in [6.07, 6.45) is 0.929. The SMILES string of the molecule is CNC1CCOCC1S(=O)c1ccccc1C. The van der Waals surface area contributed by atoms with Crippen LogP contribution in [0, 0.1) is 6.92 Å². The fourth-order valence-corrected chi connectivity index (χ4v) is 3.91. The number of benzene rings is 1. The highest BCUT2D eigenvalue weighted by Crippen LogP contribution is 2.21. The van der Waals surface area contributed by atoms with Crippen molar-refractivity contribution in [1.29, 1.82) is 0 Å². The van der Waals surface area contributed by atoms with Crippen LogP contribution in [0.25, 0.3) is 0 Å². The lowest BCUT2D eigenvalue weighted by Crippen LogP contribution is -2.47. The van der Waals surface area contributed by atoms with Crippen LogP contribution in [-0.2, 0) is 15.5 Å². The van der Waals surface area contributed by atoms with Crippen LogP contribution in [0.2, 0.25) is 0 Å². The molecule has 1 aliphatic rings. The minimum absolute atomic E-state index is 0.0508. The molecule has 3 atom stereocenters. The maximum absolute atomic E-state index is 12.6. The third kappa shape index (κ3) is 2.76. The minimum atomic E-state index is -0.999. The van der Waals surface area contributed by atoms with Gasteiger partial charge in [-0.3, -0.25) is 4.21 Å². The van der Waals surface area contributed by atoms with Crippen LogP contribution in [0.1, 0.15) is 12.0 Å². The topological polar surface area (TPSA) is 38.3 Å². The Balaban J connectivity index is 2.21. The second kappa shape index (κ2) is 5.76. The molecule has 0 bridgehead atoms. The summed E-state index contributed by atoms with van der Waals surface area (Å²) in [5, 5.41) is 3.30. The predicted molar refractivity (Wildman–Crippen MR) is 69.7 cm³/mol. The van der Waals surface area contributed by atoms with E-state index in [4.69, 9.17) is 4.74 Å². The lowest BCUT2D eigenvalue weighted by molar-refractivity contribution is 0.0838. The Morgan fingerprint density at radius 2 is 2.18 bits per heavy atom. The standard InChI is InChI=1S/C13H19NO2S/c1-10-5-3-4-6-12(10)17(15)13-9-16-8-7-11(13)14-2/h3-6,11,13-14H,7-9H2,1-2H3. The van der Waals surface area contributed by atoms with Gasteiger partial charge in [-0.1, -0.05) is 18.2 Å². The van der Waals surface area contributed by atoms with Crippen molar-refractivity contribution < 1.29 is 8.95 Å². The number of nitrogens with one attached hydrogen (secondary N) is 1. The largest absolute Gasteiger partial charge is 0.380 e. The molecule has 0 saturated carbocycles. The van der Waals surface area contributed by atoms with Crippen LogP contribution in [-0.4, -0.2) is 35.8 Å². The fourth-order valence-electron chi connectivity index (χ4n) is 2.20. The van der Waals surface area contributed by atoms with E-state index in [-0.39, 0.29) is 11.3 Å². The van der Waals surface area contributed by atoms with Crippen LogP contribution in [0.15, 0.2) is 29.2 Å². The molecular formula is C13H19NO2S. The molecule has 17 heavy (non-hydrogen) atoms. The van der Waals surface area contributed by atoms with E-state index >= 15 is 0 Å². The first-order valence-electron chi connectivity index (χ1n) is 5.95. The molecule has 0 aromatic heterocycles. The maximum atomic E-state index is 12.6. The van der Waals surface area contributed by atoms with Crippen molar-refractivity contribution in [3.8, 4) is 0 Å². The van der Waals surface area contributed by atoms with Crippen LogP contribution >= 0.6 is 0 Å². The molecule has 4 heteroatoms. The summed E-state index contributed by atoms with van der Waals surface area (Å²) in [5.74, 6) is 0. The molecular weight excluding hydrogens is 234 g/mol. The van der Waals surface area contributed by atoms with Crippen molar-refractivity contribution in [2.45, 2.75) is 29.5 Å². The number of aryl methyl sites for hydroxylation is 1. The van der Waals surface area contributed by atoms with Gasteiger partial charge in [0.15, 0.2) is 0 Å². The molecule has 0 radical (unpaired) electrons. The number of ether oxygens (including phenoxy) is 1. The van der Waals surface area contributed by atoms with E-state index in [1.54, 1.807) is 0 Å². The third-order valence-corrected chi connectivity index (χ3v) is 5.17. The zero-order valence-corrected chi connectivity index (χ0v) is 11.1. The second-order valence-electron chi connectivity index (χ2n) is 4.36. The van der Waals surface area contributed by atoms with Gasteiger partial charge in [0.25, 0.3) is 0 Å². The first-order valence-corrected chi connectivity index (χ1v) is 7.16. The van der Waals surface area contributed by atoms with Crippen LogP contribution < -0.4 is 5.32 Å². The van der Waals surface area contributed by atoms with Crippen LogP contribution in [0.3, 0.4) is 0 Å². The van der Waals surface area contributed by atoms with E-state index in [0.29, 0.717) is 6.61 Å². The minimum Gasteiger partial charge on any atom is -0.380 e. The molecule has 94 valence electrons. The zero-order chi connectivity index (χ0) is 12.3. The lowest BCUT2D eigenvalue weighted by Gasteiger charge is -2.30. The van der Waals surface area contributed by atoms with Crippen molar-refractivity contribution in [1.82, 2.24) is 5.32 Å². The van der Waals surface area contributed by atoms with Gasteiger partial charge in [0.05, 0.1) is 22.7 Å². The zero-order valence-electron chi connectivity index (χ0n) is 10.3. The van der Waals surface area contributed by atoms with Crippen molar-refractivity contribution in [2.75, 3.05) is 20.3 Å². The van der Waals surface area contributed by atoms with Gasteiger partial charge in [-0.25, -0.2) is 0 Å². The normalized spacial score (nSPS) is 26.7. The van der Waals surface area contributed by atoms with E-state index in [9.17, 15) is 4.21 Å². The van der Waals surface area contributed by atoms with Gasteiger partial charge in [0.2, 0.25) is 0 Å². The summed E-state index contributed by atoms with van der Waals surface area (Å²) in [4.78, 5) is 0.934. The monoisotopic (exact) mass is 253 g/mol. The van der Waals surface area contributed by atoms with Gasteiger partial charge in [-0.2, -0.15) is 0 Å². The van der Waals surface area contributed by atoms with E-state index in [0.717, 1.165) is 23.5 Å². The predicted octanol–water partition coefficient (Wildman–Crippen LogP) is 1.48. The molecule has 0 spiro atoms. The summed E-state index contributed by atoms with van der Waals surface area (Å²) in [7, 11) is 0.930. The Labute approximate surface area is 105 Å². The third-order valence-electron chi connectivity index (χ3n) is 3.26. The molecule has 0 aliphatic carbocycles. The summed E-state index contributed by atoms with van der Waals surface area (Å²) in [6, 6.07) is 8.16. The van der Waals surface area contributed by atoms with Gasteiger partial charge < -0.3 is 10.1 Å². The smallest absolute Gasteiger partial charge is 0.0782 e. The Hall–Kier alpha value is -0.710. The molecule has 1 fully saturated rings. The average Bonchev–Trinajstić information content (AvgIpc) is 2.38. The summed E-state index contributed by atoms with van der Waals surface area (Å²) < 4.78 is 18.0. The highest BCUT2D eigenvalue weighted by molar-refractivity contribution is 7.85. The quantitative estimate of drug-likeness (QED) is 0.887. The fraction of sp³-hybridized carbons (Fsp3) is 0.538. The van der Waals surface area contributed by atoms with E-state index in [2.05, 4.69) is 5.32 Å². The molecule has 1 aliphatic heterocycles. The number of rotatable bonds is 3. The highest BCUT2D eigenvalue weighted by Gasteiger charge is 2.30. The average molecular weight is 253 g/mol. The highest BCUT2D eigenvalue weighted by atomic mass is 32.2.